The molecular weight excluding hydrogens is 346 g/mol. The van der Waals surface area contributed by atoms with Crippen LogP contribution in [0.25, 0.3) is 17.1 Å². The molecule has 3 aromatic rings. The van der Waals surface area contributed by atoms with E-state index in [-0.39, 0.29) is 17.7 Å². The molecule has 1 aliphatic heterocycles. The van der Waals surface area contributed by atoms with Crippen LogP contribution in [0.2, 0.25) is 0 Å². The number of fused-ring (bicyclic) bond motifs is 2. The second-order valence-electron chi connectivity index (χ2n) is 6.50. The summed E-state index contributed by atoms with van der Waals surface area (Å²) in [5, 5.41) is 2.78. The first kappa shape index (κ1) is 17.0. The molecule has 1 amide bonds. The highest BCUT2D eigenvalue weighted by molar-refractivity contribution is 6.03. The zero-order valence-electron chi connectivity index (χ0n) is 15.0. The van der Waals surface area contributed by atoms with E-state index in [4.69, 9.17) is 9.47 Å². The quantitative estimate of drug-likeness (QED) is 0.620. The smallest absolute Gasteiger partial charge is 0.323 e. The van der Waals surface area contributed by atoms with Crippen molar-refractivity contribution in [3.63, 3.8) is 0 Å². The zero-order chi connectivity index (χ0) is 19.0. The Bertz CT molecular complexity index is 1110. The van der Waals surface area contributed by atoms with Crippen LogP contribution in [0, 0.1) is 0 Å². The number of methoxy groups -OCH3 is 1. The predicted octanol–water partition coefficient (Wildman–Crippen LogP) is 2.84. The maximum Gasteiger partial charge on any atom is 0.323 e. The van der Waals surface area contributed by atoms with Crippen molar-refractivity contribution in [2.45, 2.75) is 19.4 Å². The minimum absolute atomic E-state index is 0.141. The largest absolute Gasteiger partial charge is 0.496 e. The van der Waals surface area contributed by atoms with Crippen LogP contribution in [-0.4, -0.2) is 29.1 Å². The van der Waals surface area contributed by atoms with Gasteiger partial charge in [0, 0.05) is 29.3 Å². The van der Waals surface area contributed by atoms with Crippen LogP contribution in [-0.2, 0) is 11.2 Å². The number of ether oxygens (including phenoxy) is 2. The molecule has 0 spiro atoms. The number of anilines is 1. The van der Waals surface area contributed by atoms with Crippen LogP contribution < -0.4 is 20.5 Å². The highest BCUT2D eigenvalue weighted by Gasteiger charge is 2.21. The van der Waals surface area contributed by atoms with E-state index in [1.54, 1.807) is 31.4 Å². The standard InChI is InChI=1S/C20H19N3O4/c1-11-7-13-9-17(26-2)12(8-18(13)27-11)3-6-19(24)21-14-4-5-15-16(10-14)23-20(25)22-15/h3-6,8-11H,7H2,1-2H3,(H,21,24)(H2,22,23,25)/b6-3+. The van der Waals surface area contributed by atoms with E-state index in [9.17, 15) is 9.59 Å². The fourth-order valence-corrected chi connectivity index (χ4v) is 3.22. The number of hydrogen-bond donors (Lipinski definition) is 3. The number of aromatic nitrogens is 2. The van der Waals surface area contributed by atoms with E-state index in [2.05, 4.69) is 15.3 Å². The van der Waals surface area contributed by atoms with E-state index < -0.39 is 0 Å². The summed E-state index contributed by atoms with van der Waals surface area (Å²) < 4.78 is 11.2. The first-order valence-corrected chi connectivity index (χ1v) is 8.60. The zero-order valence-corrected chi connectivity index (χ0v) is 15.0. The number of amides is 1. The number of imidazole rings is 1. The predicted molar refractivity (Wildman–Crippen MR) is 103 cm³/mol. The lowest BCUT2D eigenvalue weighted by atomic mass is 10.1. The van der Waals surface area contributed by atoms with Gasteiger partial charge in [-0.2, -0.15) is 0 Å². The fourth-order valence-electron chi connectivity index (χ4n) is 3.22. The molecule has 1 atom stereocenters. The summed E-state index contributed by atoms with van der Waals surface area (Å²) in [6, 6.07) is 8.99. The van der Waals surface area contributed by atoms with Crippen LogP contribution in [0.3, 0.4) is 0 Å². The third-order valence-corrected chi connectivity index (χ3v) is 4.45. The molecule has 0 saturated carbocycles. The van der Waals surface area contributed by atoms with Crippen molar-refractivity contribution in [3.8, 4) is 11.5 Å². The summed E-state index contributed by atoms with van der Waals surface area (Å²) in [6.45, 7) is 2.02. The Morgan fingerprint density at radius 2 is 2.07 bits per heavy atom. The summed E-state index contributed by atoms with van der Waals surface area (Å²) in [5.74, 6) is 1.23. The Labute approximate surface area is 155 Å². The van der Waals surface area contributed by atoms with Crippen LogP contribution in [0.1, 0.15) is 18.1 Å². The SMILES string of the molecule is COc1cc2c(cc1/C=C/C(=O)Nc1ccc3[nH]c(=O)[nH]c3c1)OC(C)C2. The molecule has 138 valence electrons. The Hall–Kier alpha value is -3.48. The van der Waals surface area contributed by atoms with Crippen molar-refractivity contribution in [3.05, 3.63) is 58.0 Å². The second kappa shape index (κ2) is 6.68. The average Bonchev–Trinajstić information content (AvgIpc) is 3.18. The molecule has 0 aliphatic carbocycles. The molecule has 0 saturated heterocycles. The molecule has 2 heterocycles. The minimum atomic E-state index is -0.288. The third-order valence-electron chi connectivity index (χ3n) is 4.45. The molecule has 0 fully saturated rings. The Balaban J connectivity index is 1.52. The summed E-state index contributed by atoms with van der Waals surface area (Å²) in [7, 11) is 1.60. The van der Waals surface area contributed by atoms with Crippen LogP contribution >= 0.6 is 0 Å². The van der Waals surface area contributed by atoms with E-state index in [1.807, 2.05) is 19.1 Å². The Morgan fingerprint density at radius 3 is 2.89 bits per heavy atom. The highest BCUT2D eigenvalue weighted by Crippen LogP contribution is 2.35. The van der Waals surface area contributed by atoms with Gasteiger partial charge in [0.25, 0.3) is 0 Å². The second-order valence-corrected chi connectivity index (χ2v) is 6.50. The first-order chi connectivity index (χ1) is 13.0. The lowest BCUT2D eigenvalue weighted by Gasteiger charge is -2.08. The van der Waals surface area contributed by atoms with Gasteiger partial charge in [-0.3, -0.25) is 4.79 Å². The van der Waals surface area contributed by atoms with Gasteiger partial charge < -0.3 is 24.8 Å². The van der Waals surface area contributed by atoms with Crippen molar-refractivity contribution in [1.29, 1.82) is 0 Å². The fraction of sp³-hybridized carbons (Fsp3) is 0.200. The summed E-state index contributed by atoms with van der Waals surface area (Å²) in [5.41, 5.74) is 3.50. The van der Waals surface area contributed by atoms with Gasteiger partial charge in [-0.15, -0.1) is 0 Å². The van der Waals surface area contributed by atoms with Crippen molar-refractivity contribution < 1.29 is 14.3 Å². The number of hydrogen-bond acceptors (Lipinski definition) is 4. The van der Waals surface area contributed by atoms with Gasteiger partial charge in [-0.25, -0.2) is 4.79 Å². The monoisotopic (exact) mass is 365 g/mol. The van der Waals surface area contributed by atoms with E-state index >= 15 is 0 Å². The van der Waals surface area contributed by atoms with E-state index in [0.717, 1.165) is 23.3 Å². The Kier molecular flexibility index (Phi) is 4.19. The number of carbonyl (C=O) groups excluding carboxylic acids is 1. The molecule has 1 unspecified atom stereocenters. The molecule has 3 N–H and O–H groups in total. The molecule has 1 aliphatic rings. The molecular formula is C20H19N3O4. The number of rotatable bonds is 4. The molecule has 7 nitrogen and oxygen atoms in total. The maximum atomic E-state index is 12.3. The normalized spacial score (nSPS) is 15.7. The van der Waals surface area contributed by atoms with Crippen molar-refractivity contribution >= 4 is 28.7 Å². The van der Waals surface area contributed by atoms with Gasteiger partial charge >= 0.3 is 5.69 Å². The topological polar surface area (TPSA) is 96.2 Å². The molecule has 7 heteroatoms. The van der Waals surface area contributed by atoms with Gasteiger partial charge in [0.15, 0.2) is 0 Å². The van der Waals surface area contributed by atoms with E-state index in [0.29, 0.717) is 22.5 Å². The number of benzene rings is 2. The summed E-state index contributed by atoms with van der Waals surface area (Å²) >= 11 is 0. The lowest BCUT2D eigenvalue weighted by molar-refractivity contribution is -0.111. The number of nitrogens with one attached hydrogen (secondary N) is 3. The summed E-state index contributed by atoms with van der Waals surface area (Å²) in [6.07, 6.45) is 4.12. The van der Waals surface area contributed by atoms with Crippen LogP contribution in [0.4, 0.5) is 5.69 Å². The first-order valence-electron chi connectivity index (χ1n) is 8.60. The van der Waals surface area contributed by atoms with Gasteiger partial charge in [-0.1, -0.05) is 0 Å². The Morgan fingerprint density at radius 1 is 1.26 bits per heavy atom. The van der Waals surface area contributed by atoms with Crippen molar-refractivity contribution in [2.24, 2.45) is 0 Å². The minimum Gasteiger partial charge on any atom is -0.496 e. The lowest BCUT2D eigenvalue weighted by Crippen LogP contribution is -2.07. The van der Waals surface area contributed by atoms with Crippen molar-refractivity contribution in [2.75, 3.05) is 12.4 Å². The van der Waals surface area contributed by atoms with Gasteiger partial charge in [0.1, 0.15) is 17.6 Å². The van der Waals surface area contributed by atoms with E-state index in [1.165, 1.54) is 6.08 Å². The maximum absolute atomic E-state index is 12.3. The number of H-pyrrole nitrogens is 2. The third kappa shape index (κ3) is 3.44. The molecule has 2 aromatic carbocycles. The van der Waals surface area contributed by atoms with Crippen molar-refractivity contribution in [1.82, 2.24) is 9.97 Å². The number of aromatic amines is 2. The molecule has 0 bridgehead atoms. The molecule has 27 heavy (non-hydrogen) atoms. The molecule has 0 radical (unpaired) electrons. The van der Waals surface area contributed by atoms with Crippen LogP contribution in [0.15, 0.2) is 41.2 Å². The van der Waals surface area contributed by atoms with Gasteiger partial charge in [-0.05, 0) is 43.3 Å². The number of carbonyl (C=O) groups is 1. The highest BCUT2D eigenvalue weighted by atomic mass is 16.5. The molecule has 1 aromatic heterocycles. The van der Waals surface area contributed by atoms with Crippen LogP contribution in [0.5, 0.6) is 11.5 Å². The van der Waals surface area contributed by atoms with Gasteiger partial charge in [0.2, 0.25) is 5.91 Å². The summed E-state index contributed by atoms with van der Waals surface area (Å²) in [4.78, 5) is 28.9. The van der Waals surface area contributed by atoms with Gasteiger partial charge in [0.05, 0.1) is 18.1 Å². The molecule has 4 rings (SSSR count). The average molecular weight is 365 g/mol.